The maximum absolute atomic E-state index is 12.7. The maximum Gasteiger partial charge on any atom is 0.330 e. The lowest BCUT2D eigenvalue weighted by atomic mass is 10.1. The summed E-state index contributed by atoms with van der Waals surface area (Å²) in [6, 6.07) is 9.44. The summed E-state index contributed by atoms with van der Waals surface area (Å²) in [6.07, 6.45) is 3.47. The number of nitrogens with zero attached hydrogens (tertiary/aromatic N) is 4. The Hall–Kier alpha value is -2.74. The average Bonchev–Trinajstić information content (AvgIpc) is 2.97. The van der Waals surface area contributed by atoms with Crippen LogP contribution in [0.2, 0.25) is 0 Å². The van der Waals surface area contributed by atoms with Gasteiger partial charge in [-0.2, -0.15) is 0 Å². The Bertz CT molecular complexity index is 1060. The molecular formula is C16H17N5O2S. The summed E-state index contributed by atoms with van der Waals surface area (Å²) >= 11 is 1.30. The third kappa shape index (κ3) is 2.44. The smallest absolute Gasteiger partial charge is 0.330 e. The molecule has 124 valence electrons. The Kier molecular flexibility index (Phi) is 4.06. The average molecular weight is 343 g/mol. The number of hydrogen-bond acceptors (Lipinski definition) is 4. The zero-order valence-corrected chi connectivity index (χ0v) is 14.4. The number of rotatable bonds is 2. The standard InChI is InChI=1S/C16H17N5O2S/c1-19-11-9-21(18-15(17)24-3)13(10-7-5-4-6-8-10)12(11)14(22)20(2)16(19)23/h4-9H,1-3H3,(H2,17,18). The van der Waals surface area contributed by atoms with Crippen molar-refractivity contribution in [3.8, 4) is 11.3 Å². The molecule has 2 heterocycles. The van der Waals surface area contributed by atoms with Gasteiger partial charge in [-0.1, -0.05) is 42.1 Å². The highest BCUT2D eigenvalue weighted by molar-refractivity contribution is 8.13. The van der Waals surface area contributed by atoms with E-state index in [-0.39, 0.29) is 11.2 Å². The van der Waals surface area contributed by atoms with Gasteiger partial charge in [0.2, 0.25) is 0 Å². The fourth-order valence-electron chi connectivity index (χ4n) is 2.63. The second-order valence-electron chi connectivity index (χ2n) is 5.30. The number of nitrogens with two attached hydrogens (primary N) is 1. The lowest BCUT2D eigenvalue weighted by molar-refractivity contribution is 0.714. The molecule has 7 nitrogen and oxygen atoms in total. The van der Waals surface area contributed by atoms with Crippen LogP contribution in [0.5, 0.6) is 0 Å². The molecule has 0 unspecified atom stereocenters. The molecule has 2 N–H and O–H groups in total. The molecule has 3 aromatic rings. The van der Waals surface area contributed by atoms with Crippen molar-refractivity contribution in [1.29, 1.82) is 0 Å². The van der Waals surface area contributed by atoms with Crippen LogP contribution in [0, 0.1) is 0 Å². The molecule has 0 aliphatic heterocycles. The normalized spacial score (nSPS) is 12.0. The van der Waals surface area contributed by atoms with E-state index in [0.29, 0.717) is 21.8 Å². The van der Waals surface area contributed by atoms with Crippen molar-refractivity contribution in [2.45, 2.75) is 0 Å². The predicted molar refractivity (Wildman–Crippen MR) is 98.4 cm³/mol. The fourth-order valence-corrected chi connectivity index (χ4v) is 2.80. The Labute approximate surface area is 142 Å². The summed E-state index contributed by atoms with van der Waals surface area (Å²) < 4.78 is 4.10. The van der Waals surface area contributed by atoms with Crippen molar-refractivity contribution in [1.82, 2.24) is 13.8 Å². The monoisotopic (exact) mass is 343 g/mol. The number of hydrogen-bond donors (Lipinski definition) is 1. The highest BCUT2D eigenvalue weighted by Gasteiger charge is 2.19. The van der Waals surface area contributed by atoms with Crippen LogP contribution in [0.15, 0.2) is 51.2 Å². The van der Waals surface area contributed by atoms with Crippen LogP contribution in [0.25, 0.3) is 22.2 Å². The minimum Gasteiger partial charge on any atom is -0.377 e. The van der Waals surface area contributed by atoms with Crippen LogP contribution in [0.1, 0.15) is 0 Å². The van der Waals surface area contributed by atoms with Crippen LogP contribution >= 0.6 is 11.8 Å². The molecule has 0 radical (unpaired) electrons. The van der Waals surface area contributed by atoms with Crippen molar-refractivity contribution in [2.75, 3.05) is 6.26 Å². The number of amidine groups is 1. The first-order valence-corrected chi connectivity index (χ1v) is 8.43. The summed E-state index contributed by atoms with van der Waals surface area (Å²) in [5, 5.41) is 5.13. The van der Waals surface area contributed by atoms with Crippen LogP contribution in [-0.4, -0.2) is 25.2 Å². The Morgan fingerprint density at radius 3 is 2.42 bits per heavy atom. The number of aryl methyl sites for hydroxylation is 1. The largest absolute Gasteiger partial charge is 0.377 e. The summed E-state index contributed by atoms with van der Waals surface area (Å²) in [4.78, 5) is 24.9. The van der Waals surface area contributed by atoms with E-state index in [0.717, 1.165) is 10.1 Å². The molecule has 0 aliphatic rings. The Morgan fingerprint density at radius 2 is 1.79 bits per heavy atom. The van der Waals surface area contributed by atoms with Gasteiger partial charge in [0.15, 0.2) is 5.17 Å². The molecular weight excluding hydrogens is 326 g/mol. The Morgan fingerprint density at radius 1 is 1.12 bits per heavy atom. The van der Waals surface area contributed by atoms with E-state index in [9.17, 15) is 9.59 Å². The highest BCUT2D eigenvalue weighted by atomic mass is 32.2. The maximum atomic E-state index is 12.7. The minimum atomic E-state index is -0.383. The highest BCUT2D eigenvalue weighted by Crippen LogP contribution is 2.27. The summed E-state index contributed by atoms with van der Waals surface area (Å²) in [7, 11) is 3.10. The second kappa shape index (κ2) is 6.04. The number of aromatic nitrogens is 3. The van der Waals surface area contributed by atoms with Gasteiger partial charge in [0.1, 0.15) is 0 Å². The quantitative estimate of drug-likeness (QED) is 0.558. The molecule has 0 saturated heterocycles. The van der Waals surface area contributed by atoms with Gasteiger partial charge in [-0.05, 0) is 6.26 Å². The van der Waals surface area contributed by atoms with Crippen molar-refractivity contribution in [3.05, 3.63) is 57.4 Å². The molecule has 0 saturated carbocycles. The van der Waals surface area contributed by atoms with E-state index < -0.39 is 0 Å². The van der Waals surface area contributed by atoms with E-state index in [4.69, 9.17) is 5.73 Å². The molecule has 8 heteroatoms. The molecule has 0 fully saturated rings. The molecule has 2 aromatic heterocycles. The van der Waals surface area contributed by atoms with E-state index in [1.54, 1.807) is 17.9 Å². The van der Waals surface area contributed by atoms with Crippen LogP contribution in [0.3, 0.4) is 0 Å². The SMILES string of the molecule is CS/C(N)=N\n1cc2c(c1-c1ccccc1)c(=O)n(C)c(=O)n2C. The van der Waals surface area contributed by atoms with Crippen LogP contribution < -0.4 is 17.0 Å². The Balaban J connectivity index is 2.53. The molecule has 3 rings (SSSR count). The first-order valence-electron chi connectivity index (χ1n) is 7.20. The van der Waals surface area contributed by atoms with Crippen molar-refractivity contribution >= 4 is 27.8 Å². The minimum absolute atomic E-state index is 0.356. The second-order valence-corrected chi connectivity index (χ2v) is 6.12. The van der Waals surface area contributed by atoms with Gasteiger partial charge in [-0.25, -0.2) is 9.47 Å². The van der Waals surface area contributed by atoms with Gasteiger partial charge in [0.05, 0.1) is 22.8 Å². The lowest BCUT2D eigenvalue weighted by Gasteiger charge is -2.06. The van der Waals surface area contributed by atoms with E-state index in [2.05, 4.69) is 5.10 Å². The van der Waals surface area contributed by atoms with Gasteiger partial charge >= 0.3 is 5.69 Å². The molecule has 24 heavy (non-hydrogen) atoms. The van der Waals surface area contributed by atoms with Crippen molar-refractivity contribution in [2.24, 2.45) is 24.9 Å². The summed E-state index contributed by atoms with van der Waals surface area (Å²) in [5.41, 5.74) is 7.05. The van der Waals surface area contributed by atoms with Gasteiger partial charge in [0, 0.05) is 19.7 Å². The predicted octanol–water partition coefficient (Wildman–Crippen LogP) is 1.15. The van der Waals surface area contributed by atoms with Crippen molar-refractivity contribution < 1.29 is 0 Å². The number of fused-ring (bicyclic) bond motifs is 1. The van der Waals surface area contributed by atoms with Gasteiger partial charge in [0.25, 0.3) is 5.56 Å². The molecule has 0 aliphatic carbocycles. The number of benzene rings is 1. The molecule has 0 spiro atoms. The zero-order valence-electron chi connectivity index (χ0n) is 13.6. The topological polar surface area (TPSA) is 87.3 Å². The van der Waals surface area contributed by atoms with Crippen LogP contribution in [-0.2, 0) is 14.1 Å². The van der Waals surface area contributed by atoms with Gasteiger partial charge < -0.3 is 5.73 Å². The summed E-state index contributed by atoms with van der Waals surface area (Å²) in [6.45, 7) is 0. The third-order valence-corrected chi connectivity index (χ3v) is 4.38. The molecule has 1 aromatic carbocycles. The van der Waals surface area contributed by atoms with Gasteiger partial charge in [-0.15, -0.1) is 5.10 Å². The van der Waals surface area contributed by atoms with Gasteiger partial charge in [-0.3, -0.25) is 13.9 Å². The molecule has 0 bridgehead atoms. The fraction of sp³-hybridized carbons (Fsp3) is 0.188. The van der Waals surface area contributed by atoms with E-state index in [1.807, 2.05) is 36.6 Å². The van der Waals surface area contributed by atoms with E-state index >= 15 is 0 Å². The number of thioether (sulfide) groups is 1. The first-order chi connectivity index (χ1) is 11.5. The lowest BCUT2D eigenvalue weighted by Crippen LogP contribution is -2.36. The first kappa shape index (κ1) is 16.1. The zero-order chi connectivity index (χ0) is 17.4. The third-order valence-electron chi connectivity index (χ3n) is 3.88. The molecule has 0 atom stereocenters. The van der Waals surface area contributed by atoms with E-state index in [1.165, 1.54) is 23.4 Å². The summed E-state index contributed by atoms with van der Waals surface area (Å²) in [5.74, 6) is 0. The molecule has 0 amide bonds. The van der Waals surface area contributed by atoms with Crippen molar-refractivity contribution in [3.63, 3.8) is 0 Å². The van der Waals surface area contributed by atoms with Crippen LogP contribution in [0.4, 0.5) is 0 Å².